The normalized spacial score (nSPS) is 9.73. The minimum atomic E-state index is 0.480. The molecule has 2 nitrogen and oxygen atoms in total. The van der Waals surface area contributed by atoms with E-state index in [1.807, 2.05) is 31.2 Å². The van der Waals surface area contributed by atoms with Crippen molar-refractivity contribution >= 4 is 12.6 Å². The van der Waals surface area contributed by atoms with Crippen LogP contribution >= 0.6 is 12.6 Å². The minimum Gasteiger partial charge on any atom is -0.490 e. The second kappa shape index (κ2) is 6.40. The summed E-state index contributed by atoms with van der Waals surface area (Å²) in [5.41, 5.74) is 0.949. The number of para-hydroxylation sites is 2. The smallest absolute Gasteiger partial charge is 0.161 e. The molecule has 3 heteroatoms. The molecule has 1 rings (SSSR count). The Kier molecular flexibility index (Phi) is 5.12. The molecule has 0 saturated carbocycles. The van der Waals surface area contributed by atoms with Crippen LogP contribution in [-0.4, -0.2) is 19.0 Å². The van der Waals surface area contributed by atoms with E-state index in [1.165, 1.54) is 0 Å². The lowest BCUT2D eigenvalue weighted by atomic mass is 10.3. The van der Waals surface area contributed by atoms with Gasteiger partial charge in [-0.3, -0.25) is 0 Å². The standard InChI is InChI=1S/C12H16O2S/c1-3-13-11-6-4-5-7-12(11)14-8-10(2)9-15/h4-7,15H,2-3,8-9H2,1H3. The van der Waals surface area contributed by atoms with Crippen LogP contribution < -0.4 is 9.47 Å². The van der Waals surface area contributed by atoms with E-state index in [1.54, 1.807) is 0 Å². The molecule has 0 aliphatic rings. The summed E-state index contributed by atoms with van der Waals surface area (Å²) in [5.74, 6) is 2.16. The predicted octanol–water partition coefficient (Wildman–Crippen LogP) is 2.95. The summed E-state index contributed by atoms with van der Waals surface area (Å²) < 4.78 is 11.0. The van der Waals surface area contributed by atoms with Gasteiger partial charge in [0.15, 0.2) is 11.5 Å². The summed E-state index contributed by atoms with van der Waals surface area (Å²) in [6.45, 7) is 6.88. The van der Waals surface area contributed by atoms with Crippen LogP contribution in [0.15, 0.2) is 36.4 Å². The monoisotopic (exact) mass is 224 g/mol. The van der Waals surface area contributed by atoms with Gasteiger partial charge in [0.2, 0.25) is 0 Å². The molecule has 0 N–H and O–H groups in total. The second-order valence-corrected chi connectivity index (χ2v) is 3.39. The Labute approximate surface area is 96.3 Å². The van der Waals surface area contributed by atoms with Crippen molar-refractivity contribution in [2.75, 3.05) is 19.0 Å². The van der Waals surface area contributed by atoms with Crippen molar-refractivity contribution in [2.24, 2.45) is 0 Å². The molecule has 0 bridgehead atoms. The average molecular weight is 224 g/mol. The molecule has 0 atom stereocenters. The van der Waals surface area contributed by atoms with E-state index in [0.29, 0.717) is 19.0 Å². The number of ether oxygens (including phenoxy) is 2. The molecule has 15 heavy (non-hydrogen) atoms. The van der Waals surface area contributed by atoms with Gasteiger partial charge in [0.1, 0.15) is 6.61 Å². The molecular formula is C12H16O2S. The Bertz CT molecular complexity index is 323. The Hall–Kier alpha value is -1.09. The zero-order valence-corrected chi connectivity index (χ0v) is 9.80. The van der Waals surface area contributed by atoms with Crippen LogP contribution in [0.3, 0.4) is 0 Å². The van der Waals surface area contributed by atoms with Gasteiger partial charge in [-0.25, -0.2) is 0 Å². The molecule has 0 heterocycles. The Morgan fingerprint density at radius 2 is 1.87 bits per heavy atom. The van der Waals surface area contributed by atoms with Gasteiger partial charge >= 0.3 is 0 Å². The maximum Gasteiger partial charge on any atom is 0.161 e. The Morgan fingerprint density at radius 1 is 1.27 bits per heavy atom. The summed E-state index contributed by atoms with van der Waals surface area (Å²) in [6.07, 6.45) is 0. The third kappa shape index (κ3) is 3.88. The molecule has 0 aliphatic carbocycles. The number of rotatable bonds is 6. The molecule has 0 aromatic heterocycles. The highest BCUT2D eigenvalue weighted by atomic mass is 32.1. The molecule has 0 unspecified atom stereocenters. The average Bonchev–Trinajstić information content (AvgIpc) is 2.28. The first-order valence-electron chi connectivity index (χ1n) is 4.90. The molecule has 0 fully saturated rings. The first-order chi connectivity index (χ1) is 7.27. The Morgan fingerprint density at radius 3 is 2.40 bits per heavy atom. The van der Waals surface area contributed by atoms with E-state index in [4.69, 9.17) is 9.47 Å². The van der Waals surface area contributed by atoms with E-state index in [0.717, 1.165) is 17.1 Å². The topological polar surface area (TPSA) is 18.5 Å². The predicted molar refractivity (Wildman–Crippen MR) is 66.1 cm³/mol. The summed E-state index contributed by atoms with van der Waals surface area (Å²) >= 11 is 4.12. The molecule has 0 aliphatic heterocycles. The third-order valence-corrected chi connectivity index (χ3v) is 2.25. The van der Waals surface area contributed by atoms with Crippen LogP contribution in [0, 0.1) is 0 Å². The highest BCUT2D eigenvalue weighted by Gasteiger charge is 2.03. The molecule has 1 aromatic carbocycles. The number of hydrogen-bond acceptors (Lipinski definition) is 3. The van der Waals surface area contributed by atoms with E-state index >= 15 is 0 Å². The lowest BCUT2D eigenvalue weighted by Crippen LogP contribution is -2.03. The van der Waals surface area contributed by atoms with Crippen molar-refractivity contribution in [3.8, 4) is 11.5 Å². The molecular weight excluding hydrogens is 208 g/mol. The number of benzene rings is 1. The van der Waals surface area contributed by atoms with Crippen LogP contribution in [0.2, 0.25) is 0 Å². The second-order valence-electron chi connectivity index (χ2n) is 3.08. The van der Waals surface area contributed by atoms with Crippen LogP contribution in [0.25, 0.3) is 0 Å². The SMILES string of the molecule is C=C(CS)COc1ccccc1OCC. The number of thiol groups is 1. The van der Waals surface area contributed by atoms with Crippen LogP contribution in [0.4, 0.5) is 0 Å². The molecule has 0 amide bonds. The minimum absolute atomic E-state index is 0.480. The third-order valence-electron chi connectivity index (χ3n) is 1.80. The molecule has 0 radical (unpaired) electrons. The molecule has 1 aromatic rings. The fourth-order valence-electron chi connectivity index (χ4n) is 1.07. The highest BCUT2D eigenvalue weighted by Crippen LogP contribution is 2.26. The quantitative estimate of drug-likeness (QED) is 0.591. The maximum atomic E-state index is 5.57. The van der Waals surface area contributed by atoms with Crippen LogP contribution in [-0.2, 0) is 0 Å². The van der Waals surface area contributed by atoms with Crippen molar-refractivity contribution in [3.63, 3.8) is 0 Å². The summed E-state index contributed by atoms with van der Waals surface area (Å²) in [6, 6.07) is 7.62. The largest absolute Gasteiger partial charge is 0.490 e. The van der Waals surface area contributed by atoms with Crippen molar-refractivity contribution in [2.45, 2.75) is 6.92 Å². The van der Waals surface area contributed by atoms with Gasteiger partial charge in [-0.2, -0.15) is 12.6 Å². The van der Waals surface area contributed by atoms with Crippen molar-refractivity contribution in [1.29, 1.82) is 0 Å². The van der Waals surface area contributed by atoms with Crippen LogP contribution in [0.1, 0.15) is 6.92 Å². The lowest BCUT2D eigenvalue weighted by molar-refractivity contribution is 0.293. The van der Waals surface area contributed by atoms with Gasteiger partial charge in [0.25, 0.3) is 0 Å². The summed E-state index contributed by atoms with van der Waals surface area (Å²) in [5, 5.41) is 0. The van der Waals surface area contributed by atoms with Crippen molar-refractivity contribution in [1.82, 2.24) is 0 Å². The zero-order chi connectivity index (χ0) is 11.1. The lowest BCUT2D eigenvalue weighted by Gasteiger charge is -2.11. The zero-order valence-electron chi connectivity index (χ0n) is 8.90. The molecule has 0 saturated heterocycles. The van der Waals surface area contributed by atoms with Gasteiger partial charge < -0.3 is 9.47 Å². The van der Waals surface area contributed by atoms with Crippen molar-refractivity contribution in [3.05, 3.63) is 36.4 Å². The van der Waals surface area contributed by atoms with E-state index < -0.39 is 0 Å². The van der Waals surface area contributed by atoms with E-state index in [-0.39, 0.29) is 0 Å². The van der Waals surface area contributed by atoms with Gasteiger partial charge in [-0.1, -0.05) is 18.7 Å². The van der Waals surface area contributed by atoms with E-state index in [2.05, 4.69) is 19.2 Å². The fourth-order valence-corrected chi connectivity index (χ4v) is 1.16. The summed E-state index contributed by atoms with van der Waals surface area (Å²) in [7, 11) is 0. The van der Waals surface area contributed by atoms with Crippen molar-refractivity contribution < 1.29 is 9.47 Å². The summed E-state index contributed by atoms with van der Waals surface area (Å²) in [4.78, 5) is 0. The molecule has 82 valence electrons. The first-order valence-corrected chi connectivity index (χ1v) is 5.53. The van der Waals surface area contributed by atoms with Gasteiger partial charge in [0.05, 0.1) is 6.61 Å². The number of hydrogen-bond donors (Lipinski definition) is 1. The highest BCUT2D eigenvalue weighted by molar-refractivity contribution is 7.80. The van der Waals surface area contributed by atoms with Gasteiger partial charge in [0, 0.05) is 5.75 Å². The maximum absolute atomic E-state index is 5.57. The first kappa shape index (κ1) is 12.0. The van der Waals surface area contributed by atoms with Crippen LogP contribution in [0.5, 0.6) is 11.5 Å². The molecule has 0 spiro atoms. The van der Waals surface area contributed by atoms with Gasteiger partial charge in [-0.05, 0) is 24.6 Å². The Balaban J connectivity index is 2.62. The van der Waals surface area contributed by atoms with Gasteiger partial charge in [-0.15, -0.1) is 0 Å². The van der Waals surface area contributed by atoms with E-state index in [9.17, 15) is 0 Å². The fraction of sp³-hybridized carbons (Fsp3) is 0.333.